The third-order valence-corrected chi connectivity index (χ3v) is 8.57. The van der Waals surface area contributed by atoms with Crippen molar-refractivity contribution in [3.63, 3.8) is 0 Å². The molecule has 1 aliphatic heterocycles. The van der Waals surface area contributed by atoms with E-state index in [1.165, 1.54) is 4.68 Å². The van der Waals surface area contributed by atoms with E-state index in [1.807, 2.05) is 42.7 Å². The summed E-state index contributed by atoms with van der Waals surface area (Å²) in [5.74, 6) is 0.00830. The zero-order valence-corrected chi connectivity index (χ0v) is 23.5. The Hall–Kier alpha value is -4.18. The minimum Gasteiger partial charge on any atom is -0.449 e. The zero-order chi connectivity index (χ0) is 28.3. The van der Waals surface area contributed by atoms with Crippen molar-refractivity contribution in [3.8, 4) is 11.1 Å². The molecule has 3 aromatic carbocycles. The molecule has 1 fully saturated rings. The van der Waals surface area contributed by atoms with Crippen molar-refractivity contribution in [2.45, 2.75) is 37.3 Å². The molecule has 2 aliphatic rings. The lowest BCUT2D eigenvalue weighted by Crippen LogP contribution is -2.52. The molecule has 1 aliphatic carbocycles. The first-order chi connectivity index (χ1) is 20.1. The molecule has 1 saturated heterocycles. The van der Waals surface area contributed by atoms with Gasteiger partial charge in [-0.2, -0.15) is 16.4 Å². The standard InChI is InChI=1S/C31H31N5O4S/c1-41-18-16-26(29(37)35-17-8-15-28(35)30(38)36-27-14-7-6-13-25(27)33-34-36)32-31(39)40-19-24-22-11-4-2-9-20(22)21-10-3-5-12-23(21)24/h2-7,9-14,24,26,28H,8,15-19H2,1H3,(H,32,39)/t26-,28?/m0/s1. The third-order valence-electron chi connectivity index (χ3n) is 7.93. The molecule has 0 saturated carbocycles. The summed E-state index contributed by atoms with van der Waals surface area (Å²) < 4.78 is 7.01. The molecule has 0 spiro atoms. The van der Waals surface area contributed by atoms with Crippen LogP contribution in [0.3, 0.4) is 0 Å². The van der Waals surface area contributed by atoms with Gasteiger partial charge in [-0.05, 0) is 65.7 Å². The molecule has 2 atom stereocenters. The molecule has 1 aromatic heterocycles. The van der Waals surface area contributed by atoms with Crippen molar-refractivity contribution in [1.29, 1.82) is 0 Å². The van der Waals surface area contributed by atoms with E-state index >= 15 is 0 Å². The van der Waals surface area contributed by atoms with E-state index in [-0.39, 0.29) is 24.3 Å². The van der Waals surface area contributed by atoms with Crippen molar-refractivity contribution in [1.82, 2.24) is 25.2 Å². The van der Waals surface area contributed by atoms with Crippen LogP contribution in [-0.2, 0) is 9.53 Å². The molecule has 0 bridgehead atoms. The number of alkyl carbamates (subject to hydrolysis) is 1. The summed E-state index contributed by atoms with van der Waals surface area (Å²) in [5, 5.41) is 11.0. The van der Waals surface area contributed by atoms with Crippen LogP contribution in [0.15, 0.2) is 72.8 Å². The molecule has 10 heteroatoms. The number of amides is 2. The number of carbonyl (C=O) groups excluding carboxylic acids is 3. The van der Waals surface area contributed by atoms with E-state index in [0.717, 1.165) is 22.3 Å². The monoisotopic (exact) mass is 569 g/mol. The van der Waals surface area contributed by atoms with Gasteiger partial charge < -0.3 is 15.0 Å². The van der Waals surface area contributed by atoms with Gasteiger partial charge in [0.05, 0.1) is 5.52 Å². The Morgan fingerprint density at radius 1 is 1.00 bits per heavy atom. The molecule has 9 nitrogen and oxygen atoms in total. The summed E-state index contributed by atoms with van der Waals surface area (Å²) in [6.07, 6.45) is 2.95. The van der Waals surface area contributed by atoms with Crippen molar-refractivity contribution >= 4 is 40.7 Å². The highest BCUT2D eigenvalue weighted by atomic mass is 32.2. The number of nitrogens with zero attached hydrogens (tertiary/aromatic N) is 4. The van der Waals surface area contributed by atoms with Gasteiger partial charge in [0.15, 0.2) is 0 Å². The number of thioether (sulfide) groups is 1. The van der Waals surface area contributed by atoms with E-state index in [9.17, 15) is 14.4 Å². The molecule has 210 valence electrons. The summed E-state index contributed by atoms with van der Waals surface area (Å²) in [6.45, 7) is 0.595. The van der Waals surface area contributed by atoms with E-state index in [2.05, 4.69) is 39.9 Å². The second-order valence-corrected chi connectivity index (χ2v) is 11.3. The molecule has 4 aromatic rings. The maximum absolute atomic E-state index is 13.8. The lowest BCUT2D eigenvalue weighted by atomic mass is 9.98. The van der Waals surface area contributed by atoms with Crippen molar-refractivity contribution in [2.75, 3.05) is 25.2 Å². The van der Waals surface area contributed by atoms with Crippen LogP contribution in [0, 0.1) is 0 Å². The van der Waals surface area contributed by atoms with E-state index in [1.54, 1.807) is 28.8 Å². The average Bonchev–Trinajstić information content (AvgIpc) is 3.74. The lowest BCUT2D eigenvalue weighted by Gasteiger charge is -2.28. The topological polar surface area (TPSA) is 106 Å². The number of benzene rings is 3. The second kappa shape index (κ2) is 11.7. The quantitative estimate of drug-likeness (QED) is 0.327. The van der Waals surface area contributed by atoms with Gasteiger partial charge in [0.2, 0.25) is 5.91 Å². The maximum atomic E-state index is 13.8. The fraction of sp³-hybridized carbons (Fsp3) is 0.323. The highest BCUT2D eigenvalue weighted by Crippen LogP contribution is 2.44. The van der Waals surface area contributed by atoms with Crippen LogP contribution < -0.4 is 5.32 Å². The first-order valence-corrected chi connectivity index (χ1v) is 15.2. The van der Waals surface area contributed by atoms with Crippen LogP contribution in [0.5, 0.6) is 0 Å². The van der Waals surface area contributed by atoms with Gasteiger partial charge in [-0.3, -0.25) is 9.59 Å². The summed E-state index contributed by atoms with van der Waals surface area (Å²) in [4.78, 5) is 41.9. The number of para-hydroxylation sites is 1. The number of fused-ring (bicyclic) bond motifs is 4. The zero-order valence-electron chi connectivity index (χ0n) is 22.7. The molecule has 41 heavy (non-hydrogen) atoms. The minimum atomic E-state index is -0.806. The van der Waals surface area contributed by atoms with Crippen LogP contribution in [0.2, 0.25) is 0 Å². The number of hydrogen-bond acceptors (Lipinski definition) is 7. The Labute approximate surface area is 242 Å². The number of hydrogen-bond donors (Lipinski definition) is 1. The molecule has 0 radical (unpaired) electrons. The number of likely N-dealkylation sites (tertiary alicyclic amines) is 1. The van der Waals surface area contributed by atoms with E-state index < -0.39 is 18.2 Å². The largest absolute Gasteiger partial charge is 0.449 e. The van der Waals surface area contributed by atoms with Gasteiger partial charge in [0, 0.05) is 12.5 Å². The SMILES string of the molecule is CSCC[C@H](NC(=O)OCC1c2ccccc2-c2ccccc21)C(=O)N1CCCC1C(=O)n1nnc2ccccc21. The van der Waals surface area contributed by atoms with Crippen LogP contribution in [0.4, 0.5) is 4.79 Å². The Kier molecular flexibility index (Phi) is 7.74. The number of carbonyl (C=O) groups is 3. The highest BCUT2D eigenvalue weighted by molar-refractivity contribution is 7.98. The van der Waals surface area contributed by atoms with Crippen molar-refractivity contribution in [3.05, 3.63) is 83.9 Å². The molecule has 6 rings (SSSR count). The predicted molar refractivity (Wildman–Crippen MR) is 158 cm³/mol. The Morgan fingerprint density at radius 2 is 1.68 bits per heavy atom. The predicted octanol–water partition coefficient (Wildman–Crippen LogP) is 4.72. The molecule has 2 heterocycles. The number of rotatable bonds is 8. The summed E-state index contributed by atoms with van der Waals surface area (Å²) in [6, 6.07) is 22.1. The molecule has 1 unspecified atom stereocenters. The first-order valence-electron chi connectivity index (χ1n) is 13.8. The lowest BCUT2D eigenvalue weighted by molar-refractivity contribution is -0.133. The summed E-state index contributed by atoms with van der Waals surface area (Å²) in [7, 11) is 0. The van der Waals surface area contributed by atoms with Crippen LogP contribution >= 0.6 is 11.8 Å². The third kappa shape index (κ3) is 5.19. The van der Waals surface area contributed by atoms with Gasteiger partial charge in [0.1, 0.15) is 24.2 Å². The molecule has 2 amide bonds. The minimum absolute atomic E-state index is 0.0772. The molecule has 1 N–H and O–H groups in total. The van der Waals surface area contributed by atoms with Gasteiger partial charge in [-0.15, -0.1) is 5.10 Å². The fourth-order valence-electron chi connectivity index (χ4n) is 5.94. The van der Waals surface area contributed by atoms with Gasteiger partial charge in [-0.25, -0.2) is 4.79 Å². The van der Waals surface area contributed by atoms with E-state index in [0.29, 0.717) is 42.6 Å². The number of nitrogens with one attached hydrogen (secondary N) is 1. The van der Waals surface area contributed by atoms with Gasteiger partial charge >= 0.3 is 6.09 Å². The smallest absolute Gasteiger partial charge is 0.407 e. The number of aromatic nitrogens is 3. The summed E-state index contributed by atoms with van der Waals surface area (Å²) in [5.41, 5.74) is 5.76. The number of ether oxygens (including phenoxy) is 1. The molecular formula is C31H31N5O4S. The maximum Gasteiger partial charge on any atom is 0.407 e. The fourth-order valence-corrected chi connectivity index (χ4v) is 6.41. The van der Waals surface area contributed by atoms with Crippen LogP contribution in [-0.4, -0.2) is 75.0 Å². The van der Waals surface area contributed by atoms with Crippen LogP contribution in [0.1, 0.15) is 41.1 Å². The van der Waals surface area contributed by atoms with E-state index in [4.69, 9.17) is 4.74 Å². The Balaban J connectivity index is 1.15. The second-order valence-electron chi connectivity index (χ2n) is 10.3. The van der Waals surface area contributed by atoms with Gasteiger partial charge in [0.25, 0.3) is 5.91 Å². The Morgan fingerprint density at radius 3 is 2.41 bits per heavy atom. The summed E-state index contributed by atoms with van der Waals surface area (Å²) >= 11 is 1.59. The highest BCUT2D eigenvalue weighted by Gasteiger charge is 2.39. The van der Waals surface area contributed by atoms with Crippen molar-refractivity contribution < 1.29 is 19.1 Å². The molecular weight excluding hydrogens is 538 g/mol. The normalized spacial score (nSPS) is 16.8. The van der Waals surface area contributed by atoms with Crippen LogP contribution in [0.25, 0.3) is 22.2 Å². The first kappa shape index (κ1) is 27.0. The average molecular weight is 570 g/mol. The van der Waals surface area contributed by atoms with Gasteiger partial charge in [-0.1, -0.05) is 65.9 Å². The van der Waals surface area contributed by atoms with Crippen molar-refractivity contribution in [2.24, 2.45) is 0 Å². The Bertz CT molecular complexity index is 1560.